The molecule has 0 heterocycles. The lowest BCUT2D eigenvalue weighted by atomic mass is 10.0. The number of carbonyl (C=O) groups is 1. The largest absolute Gasteiger partial charge is 0.383 e. The summed E-state index contributed by atoms with van der Waals surface area (Å²) < 4.78 is 5.05. The molecule has 3 nitrogen and oxygen atoms in total. The third-order valence-electron chi connectivity index (χ3n) is 3.82. The van der Waals surface area contributed by atoms with Crippen LogP contribution in [0.25, 0.3) is 0 Å². The van der Waals surface area contributed by atoms with Gasteiger partial charge in [0.1, 0.15) is 0 Å². The fourth-order valence-electron chi connectivity index (χ4n) is 2.81. The Balaban J connectivity index is 1.83. The average Bonchev–Trinajstić information content (AvgIpc) is 2.90. The van der Waals surface area contributed by atoms with Crippen LogP contribution in [0.1, 0.15) is 19.3 Å². The number of methoxy groups -OCH3 is 1. The van der Waals surface area contributed by atoms with Crippen LogP contribution >= 0.6 is 15.9 Å². The smallest absolute Gasteiger partial charge is 0.225 e. The van der Waals surface area contributed by atoms with Crippen molar-refractivity contribution in [3.05, 3.63) is 0 Å². The second-order valence-electron chi connectivity index (χ2n) is 4.93. The van der Waals surface area contributed by atoms with Crippen molar-refractivity contribution in [1.82, 2.24) is 4.90 Å². The van der Waals surface area contributed by atoms with Crippen molar-refractivity contribution in [2.24, 2.45) is 17.8 Å². The molecule has 2 aliphatic rings. The maximum atomic E-state index is 12.3. The Kier molecular flexibility index (Phi) is 4.25. The molecule has 0 aliphatic heterocycles. The van der Waals surface area contributed by atoms with Gasteiger partial charge in [-0.25, -0.2) is 0 Å². The summed E-state index contributed by atoms with van der Waals surface area (Å²) in [6.07, 6.45) is 3.64. The molecule has 2 aliphatic carbocycles. The van der Waals surface area contributed by atoms with Crippen LogP contribution in [0.4, 0.5) is 0 Å². The van der Waals surface area contributed by atoms with Crippen molar-refractivity contribution in [1.29, 1.82) is 0 Å². The highest BCUT2D eigenvalue weighted by Gasteiger charge is 2.48. The second-order valence-corrected chi connectivity index (χ2v) is 5.72. The quantitative estimate of drug-likeness (QED) is 0.699. The van der Waals surface area contributed by atoms with Crippen LogP contribution in [0, 0.1) is 17.8 Å². The highest BCUT2D eigenvalue weighted by atomic mass is 79.9. The Labute approximate surface area is 106 Å². The van der Waals surface area contributed by atoms with Gasteiger partial charge >= 0.3 is 0 Å². The highest BCUT2D eigenvalue weighted by Crippen LogP contribution is 2.54. The lowest BCUT2D eigenvalue weighted by Gasteiger charge is -2.25. The summed E-state index contributed by atoms with van der Waals surface area (Å²) >= 11 is 3.40. The lowest BCUT2D eigenvalue weighted by molar-refractivity contribution is -0.136. The zero-order chi connectivity index (χ0) is 11.5. The van der Waals surface area contributed by atoms with Crippen LogP contribution in [0.3, 0.4) is 0 Å². The lowest BCUT2D eigenvalue weighted by Crippen LogP contribution is -2.39. The molecule has 0 aromatic rings. The van der Waals surface area contributed by atoms with Gasteiger partial charge in [-0.3, -0.25) is 4.79 Å². The third-order valence-corrected chi connectivity index (χ3v) is 4.18. The first-order valence-corrected chi connectivity index (χ1v) is 7.22. The molecule has 0 saturated heterocycles. The molecule has 2 fully saturated rings. The highest BCUT2D eigenvalue weighted by molar-refractivity contribution is 9.09. The number of fused-ring (bicyclic) bond motifs is 1. The Hall–Kier alpha value is -0.0900. The van der Waals surface area contributed by atoms with E-state index in [0.717, 1.165) is 43.1 Å². The van der Waals surface area contributed by atoms with E-state index in [-0.39, 0.29) is 0 Å². The van der Waals surface area contributed by atoms with Crippen molar-refractivity contribution >= 4 is 21.8 Å². The van der Waals surface area contributed by atoms with E-state index < -0.39 is 0 Å². The molecule has 16 heavy (non-hydrogen) atoms. The van der Waals surface area contributed by atoms with Gasteiger partial charge in [0.15, 0.2) is 0 Å². The SMILES string of the molecule is COCCN(CCBr)C(=O)C1CC2CC2C1. The number of nitrogens with zero attached hydrogens (tertiary/aromatic N) is 1. The first-order valence-electron chi connectivity index (χ1n) is 6.10. The summed E-state index contributed by atoms with van der Waals surface area (Å²) in [5.41, 5.74) is 0. The first-order chi connectivity index (χ1) is 7.76. The van der Waals surface area contributed by atoms with Gasteiger partial charge in [-0.05, 0) is 31.1 Å². The molecule has 0 bridgehead atoms. The molecule has 0 spiro atoms. The molecule has 0 aromatic heterocycles. The Morgan fingerprint density at radius 3 is 2.56 bits per heavy atom. The van der Waals surface area contributed by atoms with Gasteiger partial charge in [0.25, 0.3) is 0 Å². The minimum atomic E-state index is 0.305. The van der Waals surface area contributed by atoms with Crippen LogP contribution in [0.2, 0.25) is 0 Å². The van der Waals surface area contributed by atoms with Crippen LogP contribution < -0.4 is 0 Å². The minimum Gasteiger partial charge on any atom is -0.383 e. The van der Waals surface area contributed by atoms with Gasteiger partial charge in [0, 0.05) is 31.4 Å². The summed E-state index contributed by atoms with van der Waals surface area (Å²) in [5, 5.41) is 0.849. The van der Waals surface area contributed by atoms with Crippen LogP contribution in [-0.2, 0) is 9.53 Å². The van der Waals surface area contributed by atoms with E-state index in [4.69, 9.17) is 4.74 Å². The molecular formula is C12H20BrNO2. The monoisotopic (exact) mass is 289 g/mol. The zero-order valence-electron chi connectivity index (χ0n) is 9.82. The topological polar surface area (TPSA) is 29.5 Å². The van der Waals surface area contributed by atoms with Crippen molar-refractivity contribution < 1.29 is 9.53 Å². The summed E-state index contributed by atoms with van der Waals surface area (Å²) in [6.45, 7) is 2.17. The third kappa shape index (κ3) is 2.77. The minimum absolute atomic E-state index is 0.305. The van der Waals surface area contributed by atoms with Gasteiger partial charge in [-0.1, -0.05) is 15.9 Å². The molecule has 92 valence electrons. The number of amides is 1. The Bertz CT molecular complexity index is 249. The fourth-order valence-corrected chi connectivity index (χ4v) is 3.24. The summed E-state index contributed by atoms with van der Waals surface area (Å²) in [7, 11) is 1.68. The number of ether oxygens (including phenoxy) is 1. The Morgan fingerprint density at radius 2 is 2.00 bits per heavy atom. The van der Waals surface area contributed by atoms with E-state index in [2.05, 4.69) is 15.9 Å². The molecule has 2 atom stereocenters. The van der Waals surface area contributed by atoms with Crippen LogP contribution in [-0.4, -0.2) is 42.9 Å². The van der Waals surface area contributed by atoms with Crippen LogP contribution in [0.15, 0.2) is 0 Å². The summed E-state index contributed by atoms with van der Waals surface area (Å²) in [6, 6.07) is 0. The molecule has 0 aromatic carbocycles. The maximum Gasteiger partial charge on any atom is 0.225 e. The first kappa shape index (κ1) is 12.4. The second kappa shape index (κ2) is 5.50. The van der Waals surface area contributed by atoms with Gasteiger partial charge in [-0.15, -0.1) is 0 Å². The number of carbonyl (C=O) groups excluding carboxylic acids is 1. The van der Waals surface area contributed by atoms with Gasteiger partial charge in [0.2, 0.25) is 5.91 Å². The number of hydrogen-bond acceptors (Lipinski definition) is 2. The van der Waals surface area contributed by atoms with Gasteiger partial charge in [0.05, 0.1) is 6.61 Å². The van der Waals surface area contributed by atoms with E-state index in [1.54, 1.807) is 7.11 Å². The van der Waals surface area contributed by atoms with E-state index >= 15 is 0 Å². The normalized spacial score (nSPS) is 31.2. The van der Waals surface area contributed by atoms with Gasteiger partial charge < -0.3 is 9.64 Å². The molecule has 2 saturated carbocycles. The van der Waals surface area contributed by atoms with Crippen molar-refractivity contribution in [3.8, 4) is 0 Å². The number of hydrogen-bond donors (Lipinski definition) is 0. The number of rotatable bonds is 6. The molecule has 0 N–H and O–H groups in total. The standard InChI is InChI=1S/C12H20BrNO2/c1-16-5-4-14(3-2-13)12(15)11-7-9-6-10(9)8-11/h9-11H,2-8H2,1H3. The molecule has 4 heteroatoms. The number of alkyl halides is 1. The van der Waals surface area contributed by atoms with E-state index in [9.17, 15) is 4.79 Å². The predicted molar refractivity (Wildman–Crippen MR) is 66.6 cm³/mol. The average molecular weight is 290 g/mol. The summed E-state index contributed by atoms with van der Waals surface area (Å²) in [4.78, 5) is 14.2. The van der Waals surface area contributed by atoms with Crippen molar-refractivity contribution in [2.45, 2.75) is 19.3 Å². The predicted octanol–water partition coefficient (Wildman–Crippen LogP) is 1.90. The maximum absolute atomic E-state index is 12.3. The van der Waals surface area contributed by atoms with Gasteiger partial charge in [-0.2, -0.15) is 0 Å². The van der Waals surface area contributed by atoms with E-state index in [1.807, 2.05) is 4.90 Å². The molecule has 0 radical (unpaired) electrons. The molecule has 1 amide bonds. The van der Waals surface area contributed by atoms with Crippen molar-refractivity contribution in [3.63, 3.8) is 0 Å². The molecular weight excluding hydrogens is 270 g/mol. The van der Waals surface area contributed by atoms with E-state index in [0.29, 0.717) is 18.4 Å². The zero-order valence-corrected chi connectivity index (χ0v) is 11.4. The summed E-state index contributed by atoms with van der Waals surface area (Å²) in [5.74, 6) is 2.41. The molecule has 2 unspecified atom stereocenters. The van der Waals surface area contributed by atoms with Crippen LogP contribution in [0.5, 0.6) is 0 Å². The number of halogens is 1. The Morgan fingerprint density at radius 1 is 1.31 bits per heavy atom. The van der Waals surface area contributed by atoms with Crippen molar-refractivity contribution in [2.75, 3.05) is 32.1 Å². The molecule has 2 rings (SSSR count). The van der Waals surface area contributed by atoms with E-state index in [1.165, 1.54) is 6.42 Å². The fraction of sp³-hybridized carbons (Fsp3) is 0.917.